The molecule has 0 atom stereocenters. The Balaban J connectivity index is 1.59. The lowest BCUT2D eigenvalue weighted by atomic mass is 10.2. The fourth-order valence-corrected chi connectivity index (χ4v) is 3.55. The molecule has 0 aliphatic heterocycles. The molecular weight excluding hydrogens is 344 g/mol. The molecule has 2 aromatic heterocycles. The minimum absolute atomic E-state index is 0.153. The number of nitrogens with one attached hydrogen (secondary N) is 1. The summed E-state index contributed by atoms with van der Waals surface area (Å²) in [4.78, 5) is 18.0. The Bertz CT molecular complexity index is 801. The van der Waals surface area contributed by atoms with Crippen molar-refractivity contribution in [3.63, 3.8) is 0 Å². The number of tetrazole rings is 1. The van der Waals surface area contributed by atoms with Crippen molar-refractivity contribution in [1.29, 1.82) is 0 Å². The smallest absolute Gasteiger partial charge is 0.256 e. The summed E-state index contributed by atoms with van der Waals surface area (Å²) in [6, 6.07) is 9.07. The predicted molar refractivity (Wildman–Crippen MR) is 93.4 cm³/mol. The molecule has 2 heterocycles. The van der Waals surface area contributed by atoms with Crippen molar-refractivity contribution in [2.24, 2.45) is 0 Å². The average molecular weight is 360 g/mol. The van der Waals surface area contributed by atoms with Gasteiger partial charge < -0.3 is 5.32 Å². The first-order valence-electron chi connectivity index (χ1n) is 7.52. The number of hydrogen-bond acceptors (Lipinski definition) is 7. The largest absolute Gasteiger partial charge is 0.312 e. The second-order valence-electron chi connectivity index (χ2n) is 4.93. The number of nitrogens with zero attached hydrogens (tertiary/aromatic N) is 5. The van der Waals surface area contributed by atoms with Gasteiger partial charge in [-0.1, -0.05) is 42.9 Å². The lowest BCUT2D eigenvalue weighted by Gasteiger charge is -2.00. The van der Waals surface area contributed by atoms with Crippen LogP contribution in [-0.2, 0) is 6.54 Å². The number of benzene rings is 1. The second kappa shape index (κ2) is 8.02. The van der Waals surface area contributed by atoms with Crippen LogP contribution < -0.4 is 5.32 Å². The lowest BCUT2D eigenvalue weighted by molar-refractivity contribution is 0.102. The number of thiazole rings is 1. The summed E-state index contributed by atoms with van der Waals surface area (Å²) in [5.74, 6) is -0.153. The predicted octanol–water partition coefficient (Wildman–Crippen LogP) is 3.33. The zero-order valence-corrected chi connectivity index (χ0v) is 14.7. The van der Waals surface area contributed by atoms with Crippen LogP contribution in [0.2, 0.25) is 0 Å². The topological polar surface area (TPSA) is 85.6 Å². The molecular formula is C15H16N6OS2. The molecule has 1 amide bonds. The number of carbonyl (C=O) groups is 1. The number of hydrogen-bond donors (Lipinski definition) is 1. The minimum Gasteiger partial charge on any atom is -0.312 e. The molecule has 1 aromatic carbocycles. The fourth-order valence-electron chi connectivity index (χ4n) is 1.88. The van der Waals surface area contributed by atoms with Crippen LogP contribution in [0.3, 0.4) is 0 Å². The van der Waals surface area contributed by atoms with Crippen molar-refractivity contribution in [3.05, 3.63) is 42.1 Å². The van der Waals surface area contributed by atoms with Gasteiger partial charge in [-0.3, -0.25) is 4.79 Å². The van der Waals surface area contributed by atoms with E-state index in [0.29, 0.717) is 15.7 Å². The molecule has 0 aliphatic carbocycles. The molecule has 0 fully saturated rings. The molecule has 1 N–H and O–H groups in total. The highest BCUT2D eigenvalue weighted by Crippen LogP contribution is 2.31. The van der Waals surface area contributed by atoms with E-state index in [9.17, 15) is 4.79 Å². The van der Waals surface area contributed by atoms with Crippen molar-refractivity contribution in [3.8, 4) is 0 Å². The van der Waals surface area contributed by atoms with E-state index in [4.69, 9.17) is 0 Å². The Morgan fingerprint density at radius 1 is 1.33 bits per heavy atom. The van der Waals surface area contributed by atoms with E-state index in [2.05, 4.69) is 32.6 Å². The molecule has 0 unspecified atom stereocenters. The van der Waals surface area contributed by atoms with Crippen LogP contribution >= 0.6 is 23.1 Å². The van der Waals surface area contributed by atoms with E-state index in [1.165, 1.54) is 23.1 Å². The maximum absolute atomic E-state index is 12.1. The summed E-state index contributed by atoms with van der Waals surface area (Å²) >= 11 is 2.72. The van der Waals surface area contributed by atoms with E-state index < -0.39 is 0 Å². The Morgan fingerprint density at radius 2 is 2.17 bits per heavy atom. The van der Waals surface area contributed by atoms with Gasteiger partial charge in [0.1, 0.15) is 5.00 Å². The van der Waals surface area contributed by atoms with Gasteiger partial charge in [-0.2, -0.15) is 4.80 Å². The minimum atomic E-state index is -0.153. The number of aryl methyl sites for hydroxylation is 1. The molecule has 3 aromatic rings. The molecule has 0 saturated carbocycles. The van der Waals surface area contributed by atoms with Crippen LogP contribution in [-0.4, -0.2) is 31.1 Å². The number of amides is 1. The highest BCUT2D eigenvalue weighted by atomic mass is 32.2. The van der Waals surface area contributed by atoms with E-state index in [1.54, 1.807) is 23.1 Å². The number of anilines is 1. The fraction of sp³-hybridized carbons (Fsp3) is 0.267. The molecule has 0 saturated heterocycles. The standard InChI is InChI=1S/C15H16N6OS2/c1-2-3-9-21-19-14(18-20-21)24-15-16-10-12(23-15)17-13(22)11-7-5-4-6-8-11/h4-8,10H,2-3,9H2,1H3,(H,17,22). The maximum atomic E-state index is 12.1. The quantitative estimate of drug-likeness (QED) is 0.695. The van der Waals surface area contributed by atoms with Crippen LogP contribution in [0.25, 0.3) is 0 Å². The zero-order chi connectivity index (χ0) is 16.8. The highest BCUT2D eigenvalue weighted by molar-refractivity contribution is 8.00. The molecule has 0 aliphatic rings. The van der Waals surface area contributed by atoms with E-state index >= 15 is 0 Å². The van der Waals surface area contributed by atoms with Crippen LogP contribution in [0.1, 0.15) is 30.1 Å². The first-order valence-corrected chi connectivity index (χ1v) is 9.16. The van der Waals surface area contributed by atoms with Crippen LogP contribution in [0.15, 0.2) is 46.0 Å². The summed E-state index contributed by atoms with van der Waals surface area (Å²) < 4.78 is 0.758. The number of unbranched alkanes of at least 4 members (excludes halogenated alkanes) is 1. The first-order chi connectivity index (χ1) is 11.7. The molecule has 24 heavy (non-hydrogen) atoms. The lowest BCUT2D eigenvalue weighted by Crippen LogP contribution is -2.10. The highest BCUT2D eigenvalue weighted by Gasteiger charge is 2.11. The summed E-state index contributed by atoms with van der Waals surface area (Å²) in [6.45, 7) is 2.88. The number of rotatable bonds is 7. The monoisotopic (exact) mass is 360 g/mol. The van der Waals surface area contributed by atoms with Crippen molar-refractivity contribution >= 4 is 34.0 Å². The van der Waals surface area contributed by atoms with E-state index in [0.717, 1.165) is 23.7 Å². The third-order valence-electron chi connectivity index (χ3n) is 3.08. The molecule has 3 rings (SSSR count). The Hall–Kier alpha value is -2.26. The van der Waals surface area contributed by atoms with Crippen molar-refractivity contribution in [2.75, 3.05) is 5.32 Å². The van der Waals surface area contributed by atoms with Crippen LogP contribution in [0, 0.1) is 0 Å². The Morgan fingerprint density at radius 3 is 2.96 bits per heavy atom. The third kappa shape index (κ3) is 4.39. The maximum Gasteiger partial charge on any atom is 0.256 e. The van der Waals surface area contributed by atoms with Gasteiger partial charge in [0.2, 0.25) is 5.16 Å². The Kier molecular flexibility index (Phi) is 5.55. The molecule has 0 bridgehead atoms. The van der Waals surface area contributed by atoms with E-state index in [-0.39, 0.29) is 5.91 Å². The summed E-state index contributed by atoms with van der Waals surface area (Å²) in [7, 11) is 0. The van der Waals surface area contributed by atoms with Crippen molar-refractivity contribution in [2.45, 2.75) is 35.8 Å². The van der Waals surface area contributed by atoms with Gasteiger partial charge >= 0.3 is 0 Å². The Labute approximate surface area is 147 Å². The van der Waals surface area contributed by atoms with Gasteiger partial charge in [0, 0.05) is 5.56 Å². The number of carbonyl (C=O) groups excluding carboxylic acids is 1. The molecule has 124 valence electrons. The van der Waals surface area contributed by atoms with Crippen molar-refractivity contribution < 1.29 is 4.79 Å². The molecule has 0 radical (unpaired) electrons. The third-order valence-corrected chi connectivity index (χ3v) is 4.92. The van der Waals surface area contributed by atoms with Gasteiger partial charge in [0.25, 0.3) is 5.91 Å². The number of aromatic nitrogens is 5. The van der Waals surface area contributed by atoms with E-state index in [1.807, 2.05) is 18.2 Å². The molecule has 0 spiro atoms. The van der Waals surface area contributed by atoms with Gasteiger partial charge in [0.15, 0.2) is 4.34 Å². The summed E-state index contributed by atoms with van der Waals surface area (Å²) in [5, 5.41) is 16.4. The van der Waals surface area contributed by atoms with Gasteiger partial charge in [-0.25, -0.2) is 4.98 Å². The van der Waals surface area contributed by atoms with Gasteiger partial charge in [-0.15, -0.1) is 10.2 Å². The summed E-state index contributed by atoms with van der Waals surface area (Å²) in [6.07, 6.45) is 3.74. The molecule has 7 nitrogen and oxygen atoms in total. The first kappa shape index (κ1) is 16.6. The van der Waals surface area contributed by atoms with Crippen molar-refractivity contribution in [1.82, 2.24) is 25.2 Å². The van der Waals surface area contributed by atoms with Crippen LogP contribution in [0.4, 0.5) is 5.00 Å². The van der Waals surface area contributed by atoms with Gasteiger partial charge in [-0.05, 0) is 35.5 Å². The second-order valence-corrected chi connectivity index (χ2v) is 7.18. The zero-order valence-electron chi connectivity index (χ0n) is 13.0. The summed E-state index contributed by atoms with van der Waals surface area (Å²) in [5.41, 5.74) is 0.612. The van der Waals surface area contributed by atoms with Crippen LogP contribution in [0.5, 0.6) is 0 Å². The average Bonchev–Trinajstić information content (AvgIpc) is 3.23. The SMILES string of the molecule is CCCCn1nnc(Sc2ncc(NC(=O)c3ccccc3)s2)n1. The normalized spacial score (nSPS) is 10.7. The van der Waals surface area contributed by atoms with Gasteiger partial charge in [0.05, 0.1) is 12.7 Å². The molecule has 9 heteroatoms.